The third-order valence-corrected chi connectivity index (χ3v) is 4.94. The van der Waals surface area contributed by atoms with Gasteiger partial charge in [0.1, 0.15) is 11.8 Å². The fourth-order valence-corrected chi connectivity index (χ4v) is 3.82. The molecule has 0 bridgehead atoms. The Labute approximate surface area is 140 Å². The maximum absolute atomic E-state index is 5.99. The van der Waals surface area contributed by atoms with Gasteiger partial charge < -0.3 is 8.98 Å². The van der Waals surface area contributed by atoms with E-state index >= 15 is 0 Å². The lowest BCUT2D eigenvalue weighted by Gasteiger charge is -2.16. The number of hydrogen-bond acceptors (Lipinski definition) is 2. The van der Waals surface area contributed by atoms with E-state index in [-0.39, 0.29) is 6.04 Å². The molecule has 0 spiro atoms. The molecule has 2 aromatic carbocycles. The Morgan fingerprint density at radius 1 is 1.04 bits per heavy atom. The SMILES string of the molecule is Cc1cccc2c1-n1cccc1C(c1occ3ccccc13)NC2. The van der Waals surface area contributed by atoms with Gasteiger partial charge in [0.05, 0.1) is 12.0 Å². The number of furan rings is 1. The van der Waals surface area contributed by atoms with Crippen LogP contribution in [-0.2, 0) is 6.54 Å². The minimum atomic E-state index is 0.0340. The van der Waals surface area contributed by atoms with Gasteiger partial charge in [-0.2, -0.15) is 0 Å². The van der Waals surface area contributed by atoms with Gasteiger partial charge in [-0.15, -0.1) is 0 Å². The molecule has 0 amide bonds. The highest BCUT2D eigenvalue weighted by Crippen LogP contribution is 2.35. The van der Waals surface area contributed by atoms with Crippen LogP contribution in [0.3, 0.4) is 0 Å². The highest BCUT2D eigenvalue weighted by atomic mass is 16.3. The first-order valence-electron chi connectivity index (χ1n) is 8.28. The Bertz CT molecular complexity index is 1040. The quantitative estimate of drug-likeness (QED) is 0.551. The minimum absolute atomic E-state index is 0.0340. The van der Waals surface area contributed by atoms with Crippen LogP contribution in [-0.4, -0.2) is 4.57 Å². The van der Waals surface area contributed by atoms with Gasteiger partial charge in [-0.25, -0.2) is 0 Å². The zero-order valence-electron chi connectivity index (χ0n) is 13.5. The van der Waals surface area contributed by atoms with Crippen molar-refractivity contribution in [2.75, 3.05) is 0 Å². The van der Waals surface area contributed by atoms with Gasteiger partial charge in [-0.1, -0.05) is 42.5 Å². The first-order chi connectivity index (χ1) is 11.8. The summed E-state index contributed by atoms with van der Waals surface area (Å²) in [6.45, 7) is 2.99. The van der Waals surface area contributed by atoms with Crippen molar-refractivity contribution >= 4 is 10.8 Å². The highest BCUT2D eigenvalue weighted by Gasteiger charge is 2.27. The maximum atomic E-state index is 5.99. The summed E-state index contributed by atoms with van der Waals surface area (Å²) >= 11 is 0. The van der Waals surface area contributed by atoms with E-state index in [0.29, 0.717) is 0 Å². The summed E-state index contributed by atoms with van der Waals surface area (Å²) in [4.78, 5) is 0. The average Bonchev–Trinajstić information content (AvgIpc) is 3.20. The van der Waals surface area contributed by atoms with E-state index in [1.165, 1.54) is 27.9 Å². The molecule has 0 saturated carbocycles. The van der Waals surface area contributed by atoms with Crippen molar-refractivity contribution in [1.29, 1.82) is 0 Å². The van der Waals surface area contributed by atoms with Gasteiger partial charge in [-0.3, -0.25) is 5.32 Å². The van der Waals surface area contributed by atoms with E-state index in [9.17, 15) is 0 Å². The molecule has 2 aromatic heterocycles. The molecule has 5 rings (SSSR count). The predicted octanol–water partition coefficient (Wildman–Crippen LogP) is 4.72. The van der Waals surface area contributed by atoms with Crippen molar-refractivity contribution in [2.24, 2.45) is 0 Å². The molecule has 118 valence electrons. The fourth-order valence-electron chi connectivity index (χ4n) is 3.82. The summed E-state index contributed by atoms with van der Waals surface area (Å²) < 4.78 is 8.29. The number of fused-ring (bicyclic) bond motifs is 4. The lowest BCUT2D eigenvalue weighted by Crippen LogP contribution is -2.20. The van der Waals surface area contributed by atoms with Crippen molar-refractivity contribution in [3.63, 3.8) is 0 Å². The van der Waals surface area contributed by atoms with Gasteiger partial charge in [0.2, 0.25) is 0 Å². The highest BCUT2D eigenvalue weighted by molar-refractivity contribution is 5.84. The van der Waals surface area contributed by atoms with Crippen LogP contribution in [0.2, 0.25) is 0 Å². The zero-order valence-corrected chi connectivity index (χ0v) is 13.5. The summed E-state index contributed by atoms with van der Waals surface area (Å²) in [5.41, 5.74) is 5.09. The molecular formula is C21H18N2O. The number of aryl methyl sites for hydroxylation is 1. The normalized spacial score (nSPS) is 16.6. The van der Waals surface area contributed by atoms with E-state index < -0.39 is 0 Å². The van der Waals surface area contributed by atoms with Gasteiger partial charge in [0.15, 0.2) is 0 Å². The smallest absolute Gasteiger partial charge is 0.134 e. The Morgan fingerprint density at radius 2 is 1.96 bits per heavy atom. The lowest BCUT2D eigenvalue weighted by molar-refractivity contribution is 0.448. The van der Waals surface area contributed by atoms with Crippen LogP contribution in [0, 0.1) is 6.92 Å². The standard InChI is InChI=1S/C21H18N2O/c1-14-6-4-8-15-12-22-19(18-10-5-11-23(18)20(14)15)21-17-9-3-2-7-16(17)13-24-21/h2-11,13,19,22H,12H2,1H3. The van der Waals surface area contributed by atoms with Crippen LogP contribution in [0.15, 0.2) is 71.5 Å². The van der Waals surface area contributed by atoms with E-state index in [1.807, 2.05) is 12.3 Å². The molecule has 1 aliphatic rings. The monoisotopic (exact) mass is 314 g/mol. The van der Waals surface area contributed by atoms with E-state index in [2.05, 4.69) is 71.5 Å². The lowest BCUT2D eigenvalue weighted by atomic mass is 10.1. The molecular weight excluding hydrogens is 296 g/mol. The number of hydrogen-bond donors (Lipinski definition) is 1. The van der Waals surface area contributed by atoms with Gasteiger partial charge in [-0.05, 0) is 30.2 Å². The fraction of sp³-hybridized carbons (Fsp3) is 0.143. The van der Waals surface area contributed by atoms with Crippen LogP contribution in [0.5, 0.6) is 0 Å². The maximum Gasteiger partial charge on any atom is 0.134 e. The summed E-state index contributed by atoms with van der Waals surface area (Å²) in [6.07, 6.45) is 4.00. The molecule has 1 unspecified atom stereocenters. The van der Waals surface area contributed by atoms with Crippen molar-refractivity contribution in [3.05, 3.63) is 89.6 Å². The molecule has 3 heterocycles. The van der Waals surface area contributed by atoms with Gasteiger partial charge in [0.25, 0.3) is 0 Å². The molecule has 0 aliphatic carbocycles. The summed E-state index contributed by atoms with van der Waals surface area (Å²) in [6, 6.07) is 19.2. The predicted molar refractivity (Wildman–Crippen MR) is 95.4 cm³/mol. The number of rotatable bonds is 1. The Balaban J connectivity index is 1.73. The largest absolute Gasteiger partial charge is 0.466 e. The first-order valence-corrected chi connectivity index (χ1v) is 8.28. The molecule has 0 fully saturated rings. The number of nitrogens with one attached hydrogen (secondary N) is 1. The zero-order chi connectivity index (χ0) is 16.1. The van der Waals surface area contributed by atoms with Crippen molar-refractivity contribution in [1.82, 2.24) is 9.88 Å². The van der Waals surface area contributed by atoms with Crippen LogP contribution >= 0.6 is 0 Å². The second kappa shape index (κ2) is 5.11. The third kappa shape index (κ3) is 1.88. The van der Waals surface area contributed by atoms with Crippen molar-refractivity contribution in [3.8, 4) is 5.69 Å². The molecule has 4 aromatic rings. The Kier molecular flexibility index (Phi) is 2.91. The van der Waals surface area contributed by atoms with Gasteiger partial charge >= 0.3 is 0 Å². The molecule has 3 nitrogen and oxygen atoms in total. The van der Waals surface area contributed by atoms with Crippen LogP contribution in [0.1, 0.15) is 28.6 Å². The van der Waals surface area contributed by atoms with Crippen molar-refractivity contribution < 1.29 is 4.42 Å². The Hall–Kier alpha value is -2.78. The molecule has 3 heteroatoms. The number of para-hydroxylation sites is 1. The second-order valence-corrected chi connectivity index (χ2v) is 6.39. The second-order valence-electron chi connectivity index (χ2n) is 6.39. The van der Waals surface area contributed by atoms with Crippen LogP contribution in [0.4, 0.5) is 0 Å². The van der Waals surface area contributed by atoms with Crippen LogP contribution < -0.4 is 5.32 Å². The van der Waals surface area contributed by atoms with Gasteiger partial charge in [0, 0.05) is 29.2 Å². The van der Waals surface area contributed by atoms with Crippen molar-refractivity contribution in [2.45, 2.75) is 19.5 Å². The summed E-state index contributed by atoms with van der Waals surface area (Å²) in [5, 5.41) is 6.00. The molecule has 24 heavy (non-hydrogen) atoms. The van der Waals surface area contributed by atoms with E-state index in [1.54, 1.807) is 0 Å². The number of nitrogens with zero attached hydrogens (tertiary/aromatic N) is 1. The molecule has 0 radical (unpaired) electrons. The Morgan fingerprint density at radius 3 is 2.92 bits per heavy atom. The summed E-state index contributed by atoms with van der Waals surface area (Å²) in [7, 11) is 0. The minimum Gasteiger partial charge on any atom is -0.466 e. The molecule has 1 aliphatic heterocycles. The summed E-state index contributed by atoms with van der Waals surface area (Å²) in [5.74, 6) is 0.982. The molecule has 1 N–H and O–H groups in total. The molecule has 1 atom stereocenters. The third-order valence-electron chi connectivity index (χ3n) is 4.94. The van der Waals surface area contributed by atoms with E-state index in [4.69, 9.17) is 4.42 Å². The number of benzene rings is 2. The van der Waals surface area contributed by atoms with E-state index in [0.717, 1.165) is 17.7 Å². The molecule has 0 saturated heterocycles. The number of aromatic nitrogens is 1. The first kappa shape index (κ1) is 13.6. The topological polar surface area (TPSA) is 30.1 Å². The average molecular weight is 314 g/mol. The van der Waals surface area contributed by atoms with Crippen LogP contribution in [0.25, 0.3) is 16.5 Å².